The van der Waals surface area contributed by atoms with Gasteiger partial charge in [-0.25, -0.2) is 0 Å². The van der Waals surface area contributed by atoms with Crippen LogP contribution in [0.3, 0.4) is 0 Å². The summed E-state index contributed by atoms with van der Waals surface area (Å²) in [6.45, 7) is 7.16. The van der Waals surface area contributed by atoms with Crippen molar-refractivity contribution in [1.29, 1.82) is 0 Å². The molecule has 1 unspecified atom stereocenters. The van der Waals surface area contributed by atoms with Crippen LogP contribution in [-0.2, 0) is 17.8 Å². The minimum atomic E-state index is 0.292. The summed E-state index contributed by atoms with van der Waals surface area (Å²) in [4.78, 5) is 12.1. The molecule has 0 aliphatic carbocycles. The molecule has 1 heterocycles. The minimum Gasteiger partial charge on any atom is -0.299 e. The van der Waals surface area contributed by atoms with Gasteiger partial charge in [-0.15, -0.1) is 0 Å². The fourth-order valence-corrected chi connectivity index (χ4v) is 2.36. The predicted octanol–water partition coefficient (Wildman–Crippen LogP) is 3.60. The molecule has 0 saturated heterocycles. The van der Waals surface area contributed by atoms with Gasteiger partial charge < -0.3 is 0 Å². The average Bonchev–Trinajstić information content (AvgIpc) is 2.77. The lowest BCUT2D eigenvalue weighted by Crippen LogP contribution is -2.09. The topological polar surface area (TPSA) is 34.9 Å². The van der Waals surface area contributed by atoms with Crippen molar-refractivity contribution in [1.82, 2.24) is 9.78 Å². The van der Waals surface area contributed by atoms with Gasteiger partial charge in [-0.1, -0.05) is 38.5 Å². The molecule has 1 aromatic carbocycles. The van der Waals surface area contributed by atoms with Crippen molar-refractivity contribution in [2.75, 3.05) is 0 Å². The highest BCUT2D eigenvalue weighted by atomic mass is 16.1. The number of aryl methyl sites for hydroxylation is 1. The van der Waals surface area contributed by atoms with Gasteiger partial charge in [0.15, 0.2) is 0 Å². The number of Topliss-reactive ketones (excluding diaryl/α,β-unsaturated/α-hetero) is 1. The molecule has 0 amide bonds. The highest BCUT2D eigenvalue weighted by Gasteiger charge is 2.14. The number of fused-ring (bicyclic) bond motifs is 1. The van der Waals surface area contributed by atoms with Gasteiger partial charge in [0.2, 0.25) is 0 Å². The summed E-state index contributed by atoms with van der Waals surface area (Å²) in [5.74, 6) is 0.757. The number of carbonyl (C=O) groups is 1. The minimum absolute atomic E-state index is 0.292. The third kappa shape index (κ3) is 3.03. The van der Waals surface area contributed by atoms with Crippen LogP contribution in [-0.4, -0.2) is 15.6 Å². The number of ketones is 1. The molecule has 0 aliphatic heterocycles. The molecule has 2 aromatic rings. The van der Waals surface area contributed by atoms with Crippen LogP contribution in [0.2, 0.25) is 0 Å². The Morgan fingerprint density at radius 2 is 2.05 bits per heavy atom. The van der Waals surface area contributed by atoms with Gasteiger partial charge in [0.05, 0.1) is 17.6 Å². The van der Waals surface area contributed by atoms with Crippen LogP contribution in [0.5, 0.6) is 0 Å². The van der Waals surface area contributed by atoms with Crippen LogP contribution >= 0.6 is 0 Å². The first-order chi connectivity index (χ1) is 9.15. The number of hydrogen-bond acceptors (Lipinski definition) is 2. The molecule has 0 N–H and O–H groups in total. The maximum atomic E-state index is 12.1. The van der Waals surface area contributed by atoms with E-state index in [1.807, 2.05) is 16.8 Å². The van der Waals surface area contributed by atoms with Crippen LogP contribution in [0.25, 0.3) is 10.9 Å². The Labute approximate surface area is 114 Å². The highest BCUT2D eigenvalue weighted by molar-refractivity contribution is 5.88. The summed E-state index contributed by atoms with van der Waals surface area (Å²) in [6.07, 6.45) is 2.16. The number of hydrogen-bond donors (Lipinski definition) is 0. The first-order valence-corrected chi connectivity index (χ1v) is 7.11. The molecule has 3 heteroatoms. The second-order valence-electron chi connectivity index (χ2n) is 5.21. The summed E-state index contributed by atoms with van der Waals surface area (Å²) < 4.78 is 1.97. The third-order valence-electron chi connectivity index (χ3n) is 3.67. The molecule has 102 valence electrons. The molecule has 0 saturated carbocycles. The zero-order valence-electron chi connectivity index (χ0n) is 12.0. The Hall–Kier alpha value is -1.64. The van der Waals surface area contributed by atoms with E-state index < -0.39 is 0 Å². The fraction of sp³-hybridized carbons (Fsp3) is 0.500. The lowest BCUT2D eigenvalue weighted by Gasteiger charge is -2.05. The number of para-hydroxylation sites is 1. The Morgan fingerprint density at radius 1 is 1.32 bits per heavy atom. The zero-order chi connectivity index (χ0) is 13.8. The van der Waals surface area contributed by atoms with E-state index in [4.69, 9.17) is 0 Å². The Kier molecular flexibility index (Phi) is 4.35. The molecule has 1 aromatic heterocycles. The van der Waals surface area contributed by atoms with Crippen LogP contribution < -0.4 is 0 Å². The number of carbonyl (C=O) groups excluding carboxylic acids is 1. The molecule has 2 rings (SSSR count). The molecule has 0 fully saturated rings. The van der Waals surface area contributed by atoms with Crippen molar-refractivity contribution in [2.45, 2.75) is 46.6 Å². The molecule has 0 aliphatic rings. The van der Waals surface area contributed by atoms with Crippen LogP contribution in [0, 0.1) is 5.92 Å². The standard InChI is InChI=1S/C16H22N2O/c1-4-12(3)10-13(19)11-15-14-8-6-7-9-16(14)18(5-2)17-15/h6-9,12H,4-5,10-11H2,1-3H3. The molecule has 0 spiro atoms. The van der Waals surface area contributed by atoms with E-state index in [-0.39, 0.29) is 0 Å². The Bertz CT molecular complexity index is 571. The number of rotatable bonds is 6. The van der Waals surface area contributed by atoms with Crippen molar-refractivity contribution in [3.63, 3.8) is 0 Å². The quantitative estimate of drug-likeness (QED) is 0.793. The smallest absolute Gasteiger partial charge is 0.139 e. The lowest BCUT2D eigenvalue weighted by molar-refractivity contribution is -0.119. The lowest BCUT2D eigenvalue weighted by atomic mass is 9.99. The van der Waals surface area contributed by atoms with Gasteiger partial charge in [0.1, 0.15) is 5.78 Å². The van der Waals surface area contributed by atoms with E-state index in [9.17, 15) is 4.79 Å². The highest BCUT2D eigenvalue weighted by Crippen LogP contribution is 2.20. The van der Waals surface area contributed by atoms with Gasteiger partial charge in [-0.05, 0) is 18.9 Å². The van der Waals surface area contributed by atoms with Crippen molar-refractivity contribution in [2.24, 2.45) is 5.92 Å². The summed E-state index contributed by atoms with van der Waals surface area (Å²) >= 11 is 0. The summed E-state index contributed by atoms with van der Waals surface area (Å²) in [5, 5.41) is 5.69. The number of nitrogens with zero attached hydrogens (tertiary/aromatic N) is 2. The molecule has 0 bridgehead atoms. The predicted molar refractivity (Wildman–Crippen MR) is 78.2 cm³/mol. The van der Waals surface area contributed by atoms with Gasteiger partial charge in [0.25, 0.3) is 0 Å². The van der Waals surface area contributed by atoms with E-state index in [1.54, 1.807) is 0 Å². The largest absolute Gasteiger partial charge is 0.299 e. The third-order valence-corrected chi connectivity index (χ3v) is 3.67. The van der Waals surface area contributed by atoms with Crippen molar-refractivity contribution >= 4 is 16.7 Å². The molecule has 0 radical (unpaired) electrons. The number of aromatic nitrogens is 2. The van der Waals surface area contributed by atoms with E-state index >= 15 is 0 Å². The van der Waals surface area contributed by atoms with Crippen LogP contribution in [0.1, 0.15) is 39.3 Å². The van der Waals surface area contributed by atoms with Gasteiger partial charge in [-0.3, -0.25) is 9.48 Å². The van der Waals surface area contributed by atoms with E-state index in [2.05, 4.69) is 38.0 Å². The zero-order valence-corrected chi connectivity index (χ0v) is 12.0. The summed E-state index contributed by atoms with van der Waals surface area (Å²) in [5.41, 5.74) is 2.04. The average molecular weight is 258 g/mol. The maximum absolute atomic E-state index is 12.1. The normalized spacial score (nSPS) is 12.8. The van der Waals surface area contributed by atoms with Crippen LogP contribution in [0.4, 0.5) is 0 Å². The van der Waals surface area contributed by atoms with Crippen molar-refractivity contribution in [3.05, 3.63) is 30.0 Å². The van der Waals surface area contributed by atoms with E-state index in [0.29, 0.717) is 24.5 Å². The second kappa shape index (κ2) is 6.00. The van der Waals surface area contributed by atoms with E-state index in [1.165, 1.54) is 0 Å². The first-order valence-electron chi connectivity index (χ1n) is 7.11. The van der Waals surface area contributed by atoms with Gasteiger partial charge >= 0.3 is 0 Å². The molecule has 1 atom stereocenters. The van der Waals surface area contributed by atoms with Gasteiger partial charge in [0, 0.05) is 18.4 Å². The van der Waals surface area contributed by atoms with Gasteiger partial charge in [-0.2, -0.15) is 5.10 Å². The fourth-order valence-electron chi connectivity index (χ4n) is 2.36. The SMILES string of the molecule is CCC(C)CC(=O)Cc1nn(CC)c2ccccc12. The second-order valence-corrected chi connectivity index (χ2v) is 5.21. The van der Waals surface area contributed by atoms with Crippen molar-refractivity contribution in [3.8, 4) is 0 Å². The maximum Gasteiger partial charge on any atom is 0.139 e. The Balaban J connectivity index is 2.23. The van der Waals surface area contributed by atoms with Crippen molar-refractivity contribution < 1.29 is 4.79 Å². The first kappa shape index (κ1) is 13.8. The Morgan fingerprint density at radius 3 is 2.74 bits per heavy atom. The summed E-state index contributed by atoms with van der Waals surface area (Å²) in [7, 11) is 0. The monoisotopic (exact) mass is 258 g/mol. The number of benzene rings is 1. The van der Waals surface area contributed by atoms with Crippen LogP contribution in [0.15, 0.2) is 24.3 Å². The molecule has 19 heavy (non-hydrogen) atoms. The van der Waals surface area contributed by atoms with E-state index in [0.717, 1.165) is 29.6 Å². The summed E-state index contributed by atoms with van der Waals surface area (Å²) in [6, 6.07) is 8.14. The molecule has 3 nitrogen and oxygen atoms in total. The molecular formula is C16H22N2O. The molecular weight excluding hydrogens is 236 g/mol.